The second-order valence-electron chi connectivity index (χ2n) is 6.69. The summed E-state index contributed by atoms with van der Waals surface area (Å²) in [6.45, 7) is 4.61. The number of carbonyl (C=O) groups is 3. The van der Waals surface area contributed by atoms with Crippen LogP contribution in [0.25, 0.3) is 0 Å². The maximum atomic E-state index is 12.3. The second kappa shape index (κ2) is 7.95. The summed E-state index contributed by atoms with van der Waals surface area (Å²) >= 11 is 0. The first-order valence-electron chi connectivity index (χ1n) is 8.21. The maximum Gasteiger partial charge on any atom is 0.326 e. The molecule has 1 saturated heterocycles. The molecule has 6 nitrogen and oxygen atoms in total. The highest BCUT2D eigenvalue weighted by molar-refractivity contribution is 5.91. The predicted octanol–water partition coefficient (Wildman–Crippen LogP) is 1.65. The summed E-state index contributed by atoms with van der Waals surface area (Å²) in [5.41, 5.74) is 1.01. The predicted molar refractivity (Wildman–Crippen MR) is 89.0 cm³/mol. The first kappa shape index (κ1) is 18.0. The lowest BCUT2D eigenvalue weighted by Crippen LogP contribution is -2.44. The monoisotopic (exact) mass is 332 g/mol. The van der Waals surface area contributed by atoms with E-state index in [0.717, 1.165) is 5.56 Å². The molecule has 2 atom stereocenters. The Labute approximate surface area is 141 Å². The SMILES string of the molecule is CC(C)C[C@@H](NC(=O)C1CC(=O)N(Cc2ccccc2)C1)C(=O)O. The lowest BCUT2D eigenvalue weighted by Gasteiger charge is -2.19. The van der Waals surface area contributed by atoms with Crippen molar-refractivity contribution in [1.29, 1.82) is 0 Å². The summed E-state index contributed by atoms with van der Waals surface area (Å²) in [4.78, 5) is 37.4. The van der Waals surface area contributed by atoms with Gasteiger partial charge in [0.2, 0.25) is 11.8 Å². The first-order chi connectivity index (χ1) is 11.4. The number of hydrogen-bond acceptors (Lipinski definition) is 3. The number of amides is 2. The third-order valence-electron chi connectivity index (χ3n) is 4.12. The van der Waals surface area contributed by atoms with E-state index in [9.17, 15) is 19.5 Å². The normalized spacial score (nSPS) is 18.7. The summed E-state index contributed by atoms with van der Waals surface area (Å²) in [5.74, 6) is -1.80. The van der Waals surface area contributed by atoms with Gasteiger partial charge in [-0.15, -0.1) is 0 Å². The van der Waals surface area contributed by atoms with Crippen molar-refractivity contribution in [2.45, 2.75) is 39.3 Å². The number of hydrogen-bond donors (Lipinski definition) is 2. The molecule has 0 spiro atoms. The molecule has 1 aliphatic rings. The fourth-order valence-electron chi connectivity index (χ4n) is 2.89. The largest absolute Gasteiger partial charge is 0.480 e. The maximum absolute atomic E-state index is 12.3. The molecular formula is C18H24N2O4. The van der Waals surface area contributed by atoms with Crippen LogP contribution in [0.3, 0.4) is 0 Å². The Balaban J connectivity index is 1.94. The Hall–Kier alpha value is -2.37. The average Bonchev–Trinajstić information content (AvgIpc) is 2.88. The van der Waals surface area contributed by atoms with E-state index in [1.165, 1.54) is 0 Å². The number of nitrogens with one attached hydrogen (secondary N) is 1. The van der Waals surface area contributed by atoms with Gasteiger partial charge in [-0.3, -0.25) is 9.59 Å². The number of carbonyl (C=O) groups excluding carboxylic acids is 2. The molecular weight excluding hydrogens is 308 g/mol. The van der Waals surface area contributed by atoms with Gasteiger partial charge in [0.05, 0.1) is 5.92 Å². The van der Waals surface area contributed by atoms with E-state index in [4.69, 9.17) is 0 Å². The smallest absolute Gasteiger partial charge is 0.326 e. The van der Waals surface area contributed by atoms with Crippen molar-refractivity contribution in [2.24, 2.45) is 11.8 Å². The standard InChI is InChI=1S/C18H24N2O4/c1-12(2)8-15(18(23)24)19-17(22)14-9-16(21)20(11-14)10-13-6-4-3-5-7-13/h3-7,12,14-15H,8-11H2,1-2H3,(H,19,22)(H,23,24)/t14?,15-/m1/s1. The van der Waals surface area contributed by atoms with Gasteiger partial charge in [-0.2, -0.15) is 0 Å². The molecule has 0 radical (unpaired) electrons. The molecule has 2 N–H and O–H groups in total. The summed E-state index contributed by atoms with van der Waals surface area (Å²) in [6.07, 6.45) is 0.502. The third-order valence-corrected chi connectivity index (χ3v) is 4.12. The molecule has 1 aromatic rings. The van der Waals surface area contributed by atoms with E-state index in [1.807, 2.05) is 44.2 Å². The zero-order valence-corrected chi connectivity index (χ0v) is 14.1. The molecule has 1 heterocycles. The van der Waals surface area contributed by atoms with Crippen LogP contribution in [0.1, 0.15) is 32.3 Å². The highest BCUT2D eigenvalue weighted by atomic mass is 16.4. The van der Waals surface area contributed by atoms with Crippen molar-refractivity contribution in [2.75, 3.05) is 6.54 Å². The van der Waals surface area contributed by atoms with Crippen molar-refractivity contribution in [3.8, 4) is 0 Å². The number of carboxylic acids is 1. The number of nitrogens with zero attached hydrogens (tertiary/aromatic N) is 1. The van der Waals surface area contributed by atoms with Crippen LogP contribution in [0, 0.1) is 11.8 Å². The molecule has 0 saturated carbocycles. The summed E-state index contributed by atoms with van der Waals surface area (Å²) in [5, 5.41) is 11.8. The molecule has 2 amide bonds. The molecule has 0 aliphatic carbocycles. The van der Waals surface area contributed by atoms with Crippen LogP contribution in [0.15, 0.2) is 30.3 Å². The average molecular weight is 332 g/mol. The Morgan fingerprint density at radius 3 is 2.54 bits per heavy atom. The van der Waals surface area contributed by atoms with E-state index >= 15 is 0 Å². The van der Waals surface area contributed by atoms with E-state index < -0.39 is 17.9 Å². The van der Waals surface area contributed by atoms with Gasteiger partial charge in [0.25, 0.3) is 0 Å². The van der Waals surface area contributed by atoms with Gasteiger partial charge >= 0.3 is 5.97 Å². The van der Waals surface area contributed by atoms with Gasteiger partial charge in [-0.05, 0) is 17.9 Å². The van der Waals surface area contributed by atoms with Crippen LogP contribution in [0.4, 0.5) is 0 Å². The number of rotatable bonds is 7. The highest BCUT2D eigenvalue weighted by Crippen LogP contribution is 2.21. The fourth-order valence-corrected chi connectivity index (χ4v) is 2.89. The number of aliphatic carboxylic acids is 1. The molecule has 2 rings (SSSR count). The molecule has 0 aromatic heterocycles. The summed E-state index contributed by atoms with van der Waals surface area (Å²) in [7, 11) is 0. The minimum absolute atomic E-state index is 0.0743. The number of benzene rings is 1. The van der Waals surface area contributed by atoms with Gasteiger partial charge in [-0.1, -0.05) is 44.2 Å². The van der Waals surface area contributed by atoms with E-state index in [0.29, 0.717) is 19.5 Å². The molecule has 24 heavy (non-hydrogen) atoms. The Bertz CT molecular complexity index is 600. The van der Waals surface area contributed by atoms with Gasteiger partial charge in [-0.25, -0.2) is 4.79 Å². The van der Waals surface area contributed by atoms with Crippen LogP contribution in [0.2, 0.25) is 0 Å². The van der Waals surface area contributed by atoms with Gasteiger partial charge in [0.1, 0.15) is 6.04 Å². The minimum atomic E-state index is -1.04. The minimum Gasteiger partial charge on any atom is -0.480 e. The van der Waals surface area contributed by atoms with Crippen LogP contribution in [-0.4, -0.2) is 40.4 Å². The fraction of sp³-hybridized carbons (Fsp3) is 0.500. The van der Waals surface area contributed by atoms with Crippen LogP contribution >= 0.6 is 0 Å². The zero-order chi connectivity index (χ0) is 17.7. The Kier molecular flexibility index (Phi) is 5.95. The van der Waals surface area contributed by atoms with Crippen molar-refractivity contribution >= 4 is 17.8 Å². The molecule has 1 unspecified atom stereocenters. The molecule has 1 aliphatic heterocycles. The van der Waals surface area contributed by atoms with Gasteiger partial charge < -0.3 is 15.3 Å². The van der Waals surface area contributed by atoms with Crippen LogP contribution in [0.5, 0.6) is 0 Å². The second-order valence-corrected chi connectivity index (χ2v) is 6.69. The number of carboxylic acid groups (broad SMARTS) is 1. The Morgan fingerprint density at radius 1 is 1.29 bits per heavy atom. The molecule has 0 bridgehead atoms. The topological polar surface area (TPSA) is 86.7 Å². The van der Waals surface area contributed by atoms with Gasteiger partial charge in [0, 0.05) is 19.5 Å². The highest BCUT2D eigenvalue weighted by Gasteiger charge is 2.35. The van der Waals surface area contributed by atoms with Crippen LogP contribution in [-0.2, 0) is 20.9 Å². The third kappa shape index (κ3) is 4.81. The summed E-state index contributed by atoms with van der Waals surface area (Å²) < 4.78 is 0. The van der Waals surface area contributed by atoms with Crippen LogP contribution < -0.4 is 5.32 Å². The molecule has 130 valence electrons. The van der Waals surface area contributed by atoms with E-state index in [2.05, 4.69) is 5.32 Å². The van der Waals surface area contributed by atoms with Crippen molar-refractivity contribution in [3.05, 3.63) is 35.9 Å². The first-order valence-corrected chi connectivity index (χ1v) is 8.21. The molecule has 1 aromatic carbocycles. The lowest BCUT2D eigenvalue weighted by molar-refractivity contribution is -0.142. The number of likely N-dealkylation sites (tertiary alicyclic amines) is 1. The van der Waals surface area contributed by atoms with Gasteiger partial charge in [0.15, 0.2) is 0 Å². The van der Waals surface area contributed by atoms with Crippen molar-refractivity contribution < 1.29 is 19.5 Å². The Morgan fingerprint density at radius 2 is 1.96 bits per heavy atom. The molecule has 1 fully saturated rings. The van der Waals surface area contributed by atoms with E-state index in [-0.39, 0.29) is 24.2 Å². The van der Waals surface area contributed by atoms with Crippen molar-refractivity contribution in [3.63, 3.8) is 0 Å². The summed E-state index contributed by atoms with van der Waals surface area (Å²) in [6, 6.07) is 8.68. The van der Waals surface area contributed by atoms with E-state index in [1.54, 1.807) is 4.90 Å². The zero-order valence-electron chi connectivity index (χ0n) is 14.1. The quantitative estimate of drug-likeness (QED) is 0.795. The molecule has 6 heteroatoms. The lowest BCUT2D eigenvalue weighted by atomic mass is 10.0. The van der Waals surface area contributed by atoms with Crippen molar-refractivity contribution in [1.82, 2.24) is 10.2 Å².